The van der Waals surface area contributed by atoms with Gasteiger partial charge < -0.3 is 10.2 Å². The molecule has 7 nitrogen and oxygen atoms in total. The molecule has 0 atom stereocenters. The highest BCUT2D eigenvalue weighted by Crippen LogP contribution is 2.13. The second-order valence-electron chi connectivity index (χ2n) is 5.38. The Morgan fingerprint density at radius 1 is 1.27 bits per heavy atom. The third-order valence-electron chi connectivity index (χ3n) is 3.93. The van der Waals surface area contributed by atoms with Crippen molar-refractivity contribution in [2.24, 2.45) is 0 Å². The number of likely N-dealkylation sites (tertiary alicyclic amines) is 1. The molecule has 2 heterocycles. The number of hydrogen-bond donors (Lipinski definition) is 1. The lowest BCUT2D eigenvalue weighted by atomic mass is 10.2. The van der Waals surface area contributed by atoms with Gasteiger partial charge >= 0.3 is 0 Å². The van der Waals surface area contributed by atoms with E-state index in [4.69, 9.17) is 0 Å². The third kappa shape index (κ3) is 2.79. The van der Waals surface area contributed by atoms with Crippen LogP contribution in [0.1, 0.15) is 30.1 Å². The maximum absolute atomic E-state index is 12.1. The number of hydrogen-bond acceptors (Lipinski definition) is 4. The number of rotatable bonds is 4. The second-order valence-corrected chi connectivity index (χ2v) is 5.38. The predicted octanol–water partition coefficient (Wildman–Crippen LogP) is 0.803. The first kappa shape index (κ1) is 14.5. The molecule has 1 aliphatic rings. The Hall–Kier alpha value is -2.44. The molecule has 1 aliphatic heterocycles. The van der Waals surface area contributed by atoms with E-state index in [1.165, 1.54) is 0 Å². The predicted molar refractivity (Wildman–Crippen MR) is 81.3 cm³/mol. The van der Waals surface area contributed by atoms with E-state index in [2.05, 4.69) is 15.6 Å². The summed E-state index contributed by atoms with van der Waals surface area (Å²) in [5, 5.41) is 10.7. The standard InChI is InChI=1S/C15H19N5O2/c1-2-20-13-6-5-11(9-12(13)17-18-20)15(22)16-10-14(21)19-7-3-4-8-19/h5-6,9H,2-4,7-8,10H2,1H3,(H,16,22). The topological polar surface area (TPSA) is 80.1 Å². The Morgan fingerprint density at radius 3 is 2.77 bits per heavy atom. The maximum atomic E-state index is 12.1. The van der Waals surface area contributed by atoms with Gasteiger partial charge in [-0.2, -0.15) is 0 Å². The summed E-state index contributed by atoms with van der Waals surface area (Å²) in [6.07, 6.45) is 2.09. The minimum absolute atomic E-state index is 0.0242. The number of aromatic nitrogens is 3. The summed E-state index contributed by atoms with van der Waals surface area (Å²) in [6.45, 7) is 4.34. The molecule has 22 heavy (non-hydrogen) atoms. The van der Waals surface area contributed by atoms with Crippen molar-refractivity contribution in [3.05, 3.63) is 23.8 Å². The molecule has 3 rings (SSSR count). The lowest BCUT2D eigenvalue weighted by Gasteiger charge is -2.15. The lowest BCUT2D eigenvalue weighted by Crippen LogP contribution is -2.38. The molecule has 0 saturated carbocycles. The number of benzene rings is 1. The highest BCUT2D eigenvalue weighted by Gasteiger charge is 2.18. The molecular weight excluding hydrogens is 282 g/mol. The van der Waals surface area contributed by atoms with Gasteiger partial charge in [0.1, 0.15) is 5.52 Å². The van der Waals surface area contributed by atoms with Gasteiger partial charge in [0.25, 0.3) is 5.91 Å². The fourth-order valence-electron chi connectivity index (χ4n) is 2.68. The van der Waals surface area contributed by atoms with Gasteiger partial charge in [-0.15, -0.1) is 5.10 Å². The average molecular weight is 301 g/mol. The van der Waals surface area contributed by atoms with Gasteiger partial charge in [-0.05, 0) is 38.0 Å². The normalized spacial score (nSPS) is 14.5. The van der Waals surface area contributed by atoms with E-state index >= 15 is 0 Å². The van der Waals surface area contributed by atoms with Gasteiger partial charge in [-0.1, -0.05) is 5.21 Å². The van der Waals surface area contributed by atoms with Crippen LogP contribution in [0.15, 0.2) is 18.2 Å². The van der Waals surface area contributed by atoms with Crippen LogP contribution in [0.3, 0.4) is 0 Å². The molecule has 1 N–H and O–H groups in total. The molecule has 0 radical (unpaired) electrons. The number of aryl methyl sites for hydroxylation is 1. The smallest absolute Gasteiger partial charge is 0.251 e. The van der Waals surface area contributed by atoms with Gasteiger partial charge in [0.15, 0.2) is 0 Å². The molecule has 0 unspecified atom stereocenters. The highest BCUT2D eigenvalue weighted by atomic mass is 16.2. The van der Waals surface area contributed by atoms with Crippen molar-refractivity contribution in [3.8, 4) is 0 Å². The molecule has 0 bridgehead atoms. The van der Waals surface area contributed by atoms with E-state index in [1.807, 2.05) is 13.0 Å². The zero-order valence-corrected chi connectivity index (χ0v) is 12.6. The van der Waals surface area contributed by atoms with Crippen LogP contribution < -0.4 is 5.32 Å². The zero-order chi connectivity index (χ0) is 15.5. The first-order valence-corrected chi connectivity index (χ1v) is 7.58. The number of amides is 2. The van der Waals surface area contributed by atoms with Gasteiger partial charge in [-0.25, -0.2) is 4.68 Å². The molecule has 7 heteroatoms. The molecule has 1 aromatic carbocycles. The van der Waals surface area contributed by atoms with E-state index in [0.29, 0.717) is 11.1 Å². The second kappa shape index (κ2) is 6.13. The average Bonchev–Trinajstić information content (AvgIpc) is 3.20. The summed E-state index contributed by atoms with van der Waals surface area (Å²) in [7, 11) is 0. The number of fused-ring (bicyclic) bond motifs is 1. The van der Waals surface area contributed by atoms with Gasteiger partial charge in [0.05, 0.1) is 12.1 Å². The van der Waals surface area contributed by atoms with Crippen LogP contribution in [0, 0.1) is 0 Å². The van der Waals surface area contributed by atoms with Crippen LogP contribution >= 0.6 is 0 Å². The van der Waals surface area contributed by atoms with Crippen LogP contribution in [0.4, 0.5) is 0 Å². The van der Waals surface area contributed by atoms with Crippen LogP contribution in [0.25, 0.3) is 11.0 Å². The molecular formula is C15H19N5O2. The quantitative estimate of drug-likeness (QED) is 0.906. The molecule has 0 aliphatic carbocycles. The van der Waals surface area contributed by atoms with E-state index < -0.39 is 0 Å². The van der Waals surface area contributed by atoms with Gasteiger partial charge in [0, 0.05) is 25.2 Å². The summed E-state index contributed by atoms with van der Waals surface area (Å²) >= 11 is 0. The van der Waals surface area contributed by atoms with Crippen LogP contribution in [0.2, 0.25) is 0 Å². The van der Waals surface area contributed by atoms with Crippen molar-refractivity contribution in [2.75, 3.05) is 19.6 Å². The van der Waals surface area contributed by atoms with Crippen molar-refractivity contribution >= 4 is 22.8 Å². The van der Waals surface area contributed by atoms with E-state index in [1.54, 1.807) is 21.7 Å². The molecule has 0 spiro atoms. The molecule has 1 fully saturated rings. The summed E-state index contributed by atoms with van der Waals surface area (Å²) in [5.74, 6) is -0.288. The number of carbonyl (C=O) groups is 2. The number of nitrogens with zero attached hydrogens (tertiary/aromatic N) is 4. The van der Waals surface area contributed by atoms with Crippen molar-refractivity contribution in [2.45, 2.75) is 26.3 Å². The number of carbonyl (C=O) groups excluding carboxylic acids is 2. The Labute approximate surface area is 128 Å². The summed E-state index contributed by atoms with van der Waals surface area (Å²) in [4.78, 5) is 25.9. The largest absolute Gasteiger partial charge is 0.343 e. The summed E-state index contributed by atoms with van der Waals surface area (Å²) in [5.41, 5.74) is 2.07. The Bertz CT molecular complexity index is 703. The minimum atomic E-state index is -0.263. The highest BCUT2D eigenvalue weighted by molar-refractivity contribution is 5.98. The molecule has 2 aromatic rings. The van der Waals surface area contributed by atoms with Crippen LogP contribution in [0.5, 0.6) is 0 Å². The van der Waals surface area contributed by atoms with E-state index in [9.17, 15) is 9.59 Å². The van der Waals surface area contributed by atoms with Crippen LogP contribution in [-0.4, -0.2) is 51.3 Å². The van der Waals surface area contributed by atoms with Crippen molar-refractivity contribution in [1.82, 2.24) is 25.2 Å². The lowest BCUT2D eigenvalue weighted by molar-refractivity contribution is -0.129. The Kier molecular flexibility index (Phi) is 4.04. The monoisotopic (exact) mass is 301 g/mol. The Balaban J connectivity index is 1.65. The fourth-order valence-corrected chi connectivity index (χ4v) is 2.68. The fraction of sp³-hybridized carbons (Fsp3) is 0.467. The molecule has 2 amide bonds. The zero-order valence-electron chi connectivity index (χ0n) is 12.6. The third-order valence-corrected chi connectivity index (χ3v) is 3.93. The molecule has 116 valence electrons. The van der Waals surface area contributed by atoms with Gasteiger partial charge in [0.2, 0.25) is 5.91 Å². The summed E-state index contributed by atoms with van der Waals surface area (Å²) in [6, 6.07) is 5.26. The molecule has 1 saturated heterocycles. The SMILES string of the molecule is CCn1nnc2cc(C(=O)NCC(=O)N3CCCC3)ccc21. The van der Waals surface area contributed by atoms with E-state index in [-0.39, 0.29) is 18.4 Å². The summed E-state index contributed by atoms with van der Waals surface area (Å²) < 4.78 is 1.77. The van der Waals surface area contributed by atoms with Crippen molar-refractivity contribution in [3.63, 3.8) is 0 Å². The van der Waals surface area contributed by atoms with Crippen LogP contribution in [-0.2, 0) is 11.3 Å². The first-order valence-electron chi connectivity index (χ1n) is 7.58. The van der Waals surface area contributed by atoms with E-state index in [0.717, 1.165) is 38.0 Å². The maximum Gasteiger partial charge on any atom is 0.251 e. The number of nitrogens with one attached hydrogen (secondary N) is 1. The minimum Gasteiger partial charge on any atom is -0.343 e. The Morgan fingerprint density at radius 2 is 2.05 bits per heavy atom. The van der Waals surface area contributed by atoms with Gasteiger partial charge in [-0.3, -0.25) is 9.59 Å². The van der Waals surface area contributed by atoms with Crippen molar-refractivity contribution < 1.29 is 9.59 Å². The van der Waals surface area contributed by atoms with Crippen molar-refractivity contribution in [1.29, 1.82) is 0 Å². The first-order chi connectivity index (χ1) is 10.7. The molecule has 1 aromatic heterocycles.